The Bertz CT molecular complexity index is 234. The van der Waals surface area contributed by atoms with Gasteiger partial charge in [0.1, 0.15) is 5.75 Å². The van der Waals surface area contributed by atoms with Crippen LogP contribution in [-0.4, -0.2) is 40.5 Å². The van der Waals surface area contributed by atoms with Gasteiger partial charge < -0.3 is 9.47 Å². The van der Waals surface area contributed by atoms with Crippen LogP contribution in [0.4, 0.5) is 0 Å². The summed E-state index contributed by atoms with van der Waals surface area (Å²) in [6, 6.07) is 0. The first-order valence-corrected chi connectivity index (χ1v) is 6.62. The number of carbonyl (C=O) groups excluding carboxylic acids is 1. The molecule has 1 unspecified atom stereocenters. The highest BCUT2D eigenvalue weighted by molar-refractivity contribution is 7.86. The van der Waals surface area contributed by atoms with Crippen LogP contribution in [-0.2, 0) is 25.1 Å². The van der Waals surface area contributed by atoms with Gasteiger partial charge in [0.25, 0.3) is 0 Å². The van der Waals surface area contributed by atoms with Crippen LogP contribution in [0.3, 0.4) is 0 Å². The van der Waals surface area contributed by atoms with Gasteiger partial charge >= 0.3 is 5.97 Å². The highest BCUT2D eigenvalue weighted by atomic mass is 32.2. The van der Waals surface area contributed by atoms with Crippen molar-refractivity contribution in [3.8, 4) is 0 Å². The fourth-order valence-electron chi connectivity index (χ4n) is 1.47. The second-order valence-corrected chi connectivity index (χ2v) is 5.59. The van der Waals surface area contributed by atoms with Crippen molar-refractivity contribution in [3.63, 3.8) is 0 Å². The molecule has 0 spiro atoms. The molecule has 15 heavy (non-hydrogen) atoms. The Hall–Kier alpha value is -0.420. The van der Waals surface area contributed by atoms with Crippen molar-refractivity contribution < 1.29 is 18.5 Å². The predicted octanol–water partition coefficient (Wildman–Crippen LogP) is 0.866. The van der Waals surface area contributed by atoms with Crippen LogP contribution in [0, 0.1) is 0 Å². The average molecular weight is 234 g/mol. The summed E-state index contributed by atoms with van der Waals surface area (Å²) >= 11 is 0. The molecule has 0 aliphatic carbocycles. The fraction of sp³-hybridized carbons (Fsp3) is 0.900. The lowest BCUT2D eigenvalue weighted by atomic mass is 10.2. The van der Waals surface area contributed by atoms with Crippen molar-refractivity contribution in [2.75, 3.05) is 19.0 Å². The molecule has 0 aromatic heterocycles. The van der Waals surface area contributed by atoms with Crippen LogP contribution in [0.25, 0.3) is 0 Å². The first-order chi connectivity index (χ1) is 7.09. The summed E-state index contributed by atoms with van der Waals surface area (Å²) in [5.41, 5.74) is 0. The van der Waals surface area contributed by atoms with Gasteiger partial charge in [0.05, 0.1) is 6.10 Å². The van der Waals surface area contributed by atoms with Crippen LogP contribution >= 0.6 is 0 Å². The lowest BCUT2D eigenvalue weighted by Crippen LogP contribution is -2.29. The highest BCUT2D eigenvalue weighted by Crippen LogP contribution is 2.13. The third kappa shape index (κ3) is 4.75. The lowest BCUT2D eigenvalue weighted by Gasteiger charge is -2.21. The Morgan fingerprint density at radius 2 is 2.07 bits per heavy atom. The van der Waals surface area contributed by atoms with E-state index < -0.39 is 10.8 Å². The quantitative estimate of drug-likeness (QED) is 0.677. The number of esters is 1. The molecular weight excluding hydrogens is 216 g/mol. The van der Waals surface area contributed by atoms with Crippen molar-refractivity contribution in [3.05, 3.63) is 0 Å². The van der Waals surface area contributed by atoms with Gasteiger partial charge in [-0.15, -0.1) is 0 Å². The van der Waals surface area contributed by atoms with E-state index in [0.717, 1.165) is 12.8 Å². The van der Waals surface area contributed by atoms with Gasteiger partial charge in [0, 0.05) is 29.3 Å². The second-order valence-electron chi connectivity index (χ2n) is 3.88. The van der Waals surface area contributed by atoms with Crippen molar-refractivity contribution in [2.45, 2.75) is 38.0 Å². The Labute approximate surface area is 92.8 Å². The maximum atomic E-state index is 11.7. The van der Waals surface area contributed by atoms with E-state index in [1.165, 1.54) is 0 Å². The van der Waals surface area contributed by atoms with E-state index >= 15 is 0 Å². The average Bonchev–Trinajstić information content (AvgIpc) is 2.17. The molecule has 5 heteroatoms. The van der Waals surface area contributed by atoms with E-state index in [1.54, 1.807) is 13.8 Å². The van der Waals surface area contributed by atoms with Gasteiger partial charge in [-0.05, 0) is 26.7 Å². The molecule has 0 amide bonds. The second kappa shape index (κ2) is 6.23. The lowest BCUT2D eigenvalue weighted by molar-refractivity contribution is -0.144. The number of hydrogen-bond donors (Lipinski definition) is 0. The topological polar surface area (TPSA) is 52.6 Å². The van der Waals surface area contributed by atoms with E-state index in [2.05, 4.69) is 0 Å². The molecular formula is C10H18O4S. The summed E-state index contributed by atoms with van der Waals surface area (Å²) in [6.45, 7) is 4.87. The van der Waals surface area contributed by atoms with Crippen LogP contribution < -0.4 is 0 Å². The summed E-state index contributed by atoms with van der Waals surface area (Å²) in [5, 5.41) is 0.0958. The van der Waals surface area contributed by atoms with E-state index in [1.807, 2.05) is 0 Å². The monoisotopic (exact) mass is 234 g/mol. The number of rotatable bonds is 4. The molecule has 1 saturated heterocycles. The SMILES string of the molecule is CC(C)OC(=O)CS(=O)C1CCOCC1. The first kappa shape index (κ1) is 12.6. The molecule has 1 fully saturated rings. The maximum absolute atomic E-state index is 11.7. The van der Waals surface area contributed by atoms with E-state index in [0.29, 0.717) is 13.2 Å². The fourth-order valence-corrected chi connectivity index (χ4v) is 2.72. The van der Waals surface area contributed by atoms with Crippen molar-refractivity contribution >= 4 is 16.8 Å². The highest BCUT2D eigenvalue weighted by Gasteiger charge is 2.22. The molecule has 0 radical (unpaired) electrons. The van der Waals surface area contributed by atoms with Crippen molar-refractivity contribution in [1.29, 1.82) is 0 Å². The van der Waals surface area contributed by atoms with Crippen LogP contribution in [0.15, 0.2) is 0 Å². The van der Waals surface area contributed by atoms with Crippen LogP contribution in [0.2, 0.25) is 0 Å². The molecule has 0 bridgehead atoms. The van der Waals surface area contributed by atoms with Crippen molar-refractivity contribution in [1.82, 2.24) is 0 Å². The molecule has 1 rings (SSSR count). The predicted molar refractivity (Wildman–Crippen MR) is 58.1 cm³/mol. The minimum atomic E-state index is -1.11. The summed E-state index contributed by atoms with van der Waals surface area (Å²) in [4.78, 5) is 11.3. The summed E-state index contributed by atoms with van der Waals surface area (Å²) in [5.74, 6) is -0.349. The van der Waals surface area contributed by atoms with Crippen LogP contribution in [0.5, 0.6) is 0 Å². The van der Waals surface area contributed by atoms with E-state index in [-0.39, 0.29) is 23.1 Å². The maximum Gasteiger partial charge on any atom is 0.318 e. The zero-order valence-electron chi connectivity index (χ0n) is 9.23. The zero-order valence-corrected chi connectivity index (χ0v) is 10.0. The molecule has 1 atom stereocenters. The normalized spacial score (nSPS) is 20.2. The molecule has 0 N–H and O–H groups in total. The third-order valence-corrected chi connectivity index (χ3v) is 3.90. The smallest absolute Gasteiger partial charge is 0.318 e. The van der Waals surface area contributed by atoms with E-state index in [9.17, 15) is 9.00 Å². The molecule has 0 aromatic carbocycles. The van der Waals surface area contributed by atoms with Gasteiger partial charge in [-0.25, -0.2) is 0 Å². The number of ether oxygens (including phenoxy) is 2. The summed E-state index contributed by atoms with van der Waals surface area (Å²) in [7, 11) is -1.11. The standard InChI is InChI=1S/C10H18O4S/c1-8(2)14-10(11)7-15(12)9-3-5-13-6-4-9/h8-9H,3-7H2,1-2H3. The van der Waals surface area contributed by atoms with Crippen LogP contribution in [0.1, 0.15) is 26.7 Å². The summed E-state index contributed by atoms with van der Waals surface area (Å²) < 4.78 is 21.9. The van der Waals surface area contributed by atoms with Gasteiger partial charge in [-0.3, -0.25) is 9.00 Å². The van der Waals surface area contributed by atoms with Gasteiger partial charge in [-0.2, -0.15) is 0 Å². The third-order valence-electron chi connectivity index (χ3n) is 2.17. The van der Waals surface area contributed by atoms with Gasteiger partial charge in [0.2, 0.25) is 0 Å². The Morgan fingerprint density at radius 3 is 2.60 bits per heavy atom. The van der Waals surface area contributed by atoms with Gasteiger partial charge in [-0.1, -0.05) is 0 Å². The number of carbonyl (C=O) groups is 1. The minimum Gasteiger partial charge on any atom is -0.462 e. The minimum absolute atomic E-state index is 0.0167. The molecule has 1 heterocycles. The van der Waals surface area contributed by atoms with E-state index in [4.69, 9.17) is 9.47 Å². The Morgan fingerprint density at radius 1 is 1.47 bits per heavy atom. The molecule has 1 aliphatic rings. The molecule has 0 aromatic rings. The van der Waals surface area contributed by atoms with Crippen molar-refractivity contribution in [2.24, 2.45) is 0 Å². The molecule has 4 nitrogen and oxygen atoms in total. The van der Waals surface area contributed by atoms with Gasteiger partial charge in [0.15, 0.2) is 0 Å². The zero-order chi connectivity index (χ0) is 11.3. The molecule has 1 aliphatic heterocycles. The Kier molecular flexibility index (Phi) is 5.25. The number of hydrogen-bond acceptors (Lipinski definition) is 4. The molecule has 88 valence electrons. The Balaban J connectivity index is 2.30. The first-order valence-electron chi connectivity index (χ1n) is 5.24. The summed E-state index contributed by atoms with van der Waals surface area (Å²) in [6.07, 6.45) is 1.42. The molecule has 0 saturated carbocycles. The largest absolute Gasteiger partial charge is 0.462 e.